The van der Waals surface area contributed by atoms with Crippen LogP contribution in [0.5, 0.6) is 0 Å². The molecule has 1 unspecified atom stereocenters. The van der Waals surface area contributed by atoms with E-state index in [0.29, 0.717) is 30.4 Å². The number of ether oxygens (including phenoxy) is 1. The SMILES string of the molecule is CCC(CO)(CO)CO.CCCCC(CC)C(=O)O.O=C(O)CCCCC(=O)O.O=C1OC(=O)c2ccccc21. The molecule has 1 atom stereocenters. The Kier molecular flexibility index (Phi) is 21.8. The maximum absolute atomic E-state index is 10.8. The van der Waals surface area contributed by atoms with Gasteiger partial charge in [-0.25, -0.2) is 9.59 Å². The van der Waals surface area contributed by atoms with Crippen LogP contribution in [0.4, 0.5) is 0 Å². The largest absolute Gasteiger partial charge is 0.481 e. The van der Waals surface area contributed by atoms with Gasteiger partial charge in [0, 0.05) is 18.3 Å². The minimum Gasteiger partial charge on any atom is -0.481 e. The molecule has 0 fully saturated rings. The summed E-state index contributed by atoms with van der Waals surface area (Å²) in [5.74, 6) is -3.59. The lowest BCUT2D eigenvalue weighted by atomic mass is 9.88. The Labute approximate surface area is 234 Å². The molecule has 2 rings (SSSR count). The van der Waals surface area contributed by atoms with E-state index in [0.717, 1.165) is 25.7 Å². The van der Waals surface area contributed by atoms with Gasteiger partial charge in [0.1, 0.15) is 0 Å². The molecular formula is C28H44O12. The number of aliphatic hydroxyl groups excluding tert-OH is 3. The van der Waals surface area contributed by atoms with Gasteiger partial charge in [0.2, 0.25) is 0 Å². The third-order valence-corrected chi connectivity index (χ3v) is 6.09. The Morgan fingerprint density at radius 3 is 1.45 bits per heavy atom. The lowest BCUT2D eigenvalue weighted by molar-refractivity contribution is -0.142. The van der Waals surface area contributed by atoms with E-state index in [1.807, 2.05) is 13.8 Å². The summed E-state index contributed by atoms with van der Waals surface area (Å²) in [5.41, 5.74) is 0.0509. The molecule has 1 aliphatic rings. The van der Waals surface area contributed by atoms with Gasteiger partial charge in [-0.05, 0) is 44.2 Å². The predicted molar refractivity (Wildman–Crippen MR) is 145 cm³/mol. The van der Waals surface area contributed by atoms with Gasteiger partial charge >= 0.3 is 29.8 Å². The Morgan fingerprint density at radius 1 is 0.775 bits per heavy atom. The van der Waals surface area contributed by atoms with Crippen LogP contribution in [0.1, 0.15) is 99.3 Å². The highest BCUT2D eigenvalue weighted by Gasteiger charge is 2.28. The van der Waals surface area contributed by atoms with Crippen LogP contribution >= 0.6 is 0 Å². The van der Waals surface area contributed by atoms with Crippen molar-refractivity contribution in [1.29, 1.82) is 0 Å². The van der Waals surface area contributed by atoms with Crippen LogP contribution in [-0.2, 0) is 19.1 Å². The van der Waals surface area contributed by atoms with Crippen molar-refractivity contribution in [2.75, 3.05) is 19.8 Å². The predicted octanol–water partition coefficient (Wildman–Crippen LogP) is 3.36. The molecule has 0 radical (unpaired) electrons. The van der Waals surface area contributed by atoms with Crippen molar-refractivity contribution in [3.63, 3.8) is 0 Å². The van der Waals surface area contributed by atoms with Crippen molar-refractivity contribution >= 4 is 29.8 Å². The standard InChI is InChI=1S/C8H4O3.C8H16O2.C6H10O4.C6H14O3/c9-7-5-3-1-2-4-6(5)8(10)11-7;1-3-5-6-7(4-2)8(9)10;7-5(8)3-1-2-4-6(9)10;1-2-6(3-7,4-8)5-9/h1-4H;7H,3-6H2,1-2H3,(H,9,10);1-4H2,(H,7,8)(H,9,10);7-9H,2-5H2,1H3. The molecule has 1 aromatic rings. The van der Waals surface area contributed by atoms with Crippen molar-refractivity contribution < 1.29 is 59.3 Å². The zero-order valence-electron chi connectivity index (χ0n) is 23.5. The van der Waals surface area contributed by atoms with Crippen molar-refractivity contribution in [3.05, 3.63) is 35.4 Å². The van der Waals surface area contributed by atoms with Crippen LogP contribution in [-0.4, -0.2) is 80.3 Å². The van der Waals surface area contributed by atoms with Gasteiger partial charge in [-0.15, -0.1) is 0 Å². The Bertz CT molecular complexity index is 842. The Balaban J connectivity index is 0. The molecule has 0 aliphatic carbocycles. The summed E-state index contributed by atoms with van der Waals surface area (Å²) in [6.45, 7) is 5.36. The van der Waals surface area contributed by atoms with E-state index in [2.05, 4.69) is 11.7 Å². The van der Waals surface area contributed by atoms with Crippen LogP contribution in [0.25, 0.3) is 0 Å². The summed E-state index contributed by atoms with van der Waals surface area (Å²) in [5, 5.41) is 50.8. The first-order valence-electron chi connectivity index (χ1n) is 13.2. The van der Waals surface area contributed by atoms with Gasteiger partial charge < -0.3 is 35.4 Å². The molecule has 228 valence electrons. The van der Waals surface area contributed by atoms with Crippen LogP contribution in [0, 0.1) is 11.3 Å². The first-order valence-corrected chi connectivity index (χ1v) is 13.2. The van der Waals surface area contributed by atoms with Gasteiger partial charge in [-0.1, -0.05) is 45.7 Å². The average molecular weight is 573 g/mol. The van der Waals surface area contributed by atoms with E-state index in [1.54, 1.807) is 24.3 Å². The number of hydrogen-bond acceptors (Lipinski definition) is 9. The second-order valence-corrected chi connectivity index (χ2v) is 9.13. The summed E-state index contributed by atoms with van der Waals surface area (Å²) in [4.78, 5) is 51.9. The molecule has 0 spiro atoms. The van der Waals surface area contributed by atoms with Gasteiger partial charge in [0.15, 0.2) is 0 Å². The number of hydrogen-bond donors (Lipinski definition) is 6. The highest BCUT2D eigenvalue weighted by Crippen LogP contribution is 2.19. The number of aliphatic carboxylic acids is 3. The highest BCUT2D eigenvalue weighted by atomic mass is 16.6. The topological polar surface area (TPSA) is 216 Å². The monoisotopic (exact) mass is 572 g/mol. The van der Waals surface area contributed by atoms with Gasteiger partial charge in [0.05, 0.1) is 36.9 Å². The lowest BCUT2D eigenvalue weighted by Crippen LogP contribution is -2.32. The quantitative estimate of drug-likeness (QED) is 0.107. The van der Waals surface area contributed by atoms with E-state index in [1.165, 1.54) is 0 Å². The fourth-order valence-electron chi connectivity index (χ4n) is 3.02. The maximum atomic E-state index is 10.8. The third-order valence-electron chi connectivity index (χ3n) is 6.09. The lowest BCUT2D eigenvalue weighted by Gasteiger charge is -2.24. The van der Waals surface area contributed by atoms with Crippen molar-refractivity contribution in [2.24, 2.45) is 11.3 Å². The number of fused-ring (bicyclic) bond motifs is 1. The summed E-state index contributed by atoms with van der Waals surface area (Å²) >= 11 is 0. The number of rotatable bonds is 14. The van der Waals surface area contributed by atoms with E-state index in [9.17, 15) is 24.0 Å². The fraction of sp³-hybridized carbons (Fsp3) is 0.607. The van der Waals surface area contributed by atoms with Crippen molar-refractivity contribution in [3.8, 4) is 0 Å². The van der Waals surface area contributed by atoms with E-state index >= 15 is 0 Å². The van der Waals surface area contributed by atoms with Crippen LogP contribution in [0.3, 0.4) is 0 Å². The molecule has 1 aromatic carbocycles. The molecule has 0 bridgehead atoms. The zero-order valence-corrected chi connectivity index (χ0v) is 23.5. The smallest absolute Gasteiger partial charge is 0.346 e. The van der Waals surface area contributed by atoms with E-state index in [-0.39, 0.29) is 38.6 Å². The number of carbonyl (C=O) groups excluding carboxylic acids is 2. The second-order valence-electron chi connectivity index (χ2n) is 9.13. The molecule has 12 nitrogen and oxygen atoms in total. The van der Waals surface area contributed by atoms with Crippen molar-refractivity contribution in [2.45, 2.75) is 78.6 Å². The molecule has 1 aliphatic heterocycles. The molecule has 12 heteroatoms. The first-order chi connectivity index (χ1) is 18.9. The number of cyclic esters (lactones) is 2. The van der Waals surface area contributed by atoms with Gasteiger partial charge in [-0.2, -0.15) is 0 Å². The van der Waals surface area contributed by atoms with E-state index < -0.39 is 35.3 Å². The van der Waals surface area contributed by atoms with Crippen LogP contribution in [0.15, 0.2) is 24.3 Å². The number of benzene rings is 1. The second kappa shape index (κ2) is 22.5. The molecule has 1 heterocycles. The summed E-state index contributed by atoms with van der Waals surface area (Å²) < 4.78 is 4.35. The molecular weight excluding hydrogens is 528 g/mol. The zero-order chi connectivity index (χ0) is 31.1. The fourth-order valence-corrected chi connectivity index (χ4v) is 3.02. The Morgan fingerprint density at radius 2 is 1.20 bits per heavy atom. The number of carboxylic acid groups (broad SMARTS) is 3. The molecule has 0 saturated heterocycles. The van der Waals surface area contributed by atoms with Crippen LogP contribution < -0.4 is 0 Å². The number of aliphatic hydroxyl groups is 3. The summed E-state index contributed by atoms with van der Waals surface area (Å²) in [6, 6.07) is 6.53. The van der Waals surface area contributed by atoms with Crippen molar-refractivity contribution in [1.82, 2.24) is 0 Å². The molecule has 6 N–H and O–H groups in total. The Hall–Kier alpha value is -3.35. The summed E-state index contributed by atoms with van der Waals surface area (Å²) in [6.07, 6.45) is 5.33. The maximum Gasteiger partial charge on any atom is 0.346 e. The molecule has 40 heavy (non-hydrogen) atoms. The third kappa shape index (κ3) is 16.6. The number of carbonyl (C=O) groups is 5. The average Bonchev–Trinajstić information content (AvgIpc) is 3.23. The first kappa shape index (κ1) is 38.8. The molecule has 0 aromatic heterocycles. The minimum absolute atomic E-state index is 0.0628. The number of carboxylic acids is 3. The minimum atomic E-state index is -0.870. The van der Waals surface area contributed by atoms with E-state index in [4.69, 9.17) is 30.6 Å². The van der Waals surface area contributed by atoms with Gasteiger partial charge in [-0.3, -0.25) is 14.4 Å². The number of esters is 2. The normalized spacial score (nSPS) is 12.2. The molecule has 0 saturated carbocycles. The number of unbranched alkanes of at least 4 members (excludes halogenated alkanes) is 2. The highest BCUT2D eigenvalue weighted by molar-refractivity contribution is 6.14. The van der Waals surface area contributed by atoms with Crippen LogP contribution in [0.2, 0.25) is 0 Å². The summed E-state index contributed by atoms with van der Waals surface area (Å²) in [7, 11) is 0. The van der Waals surface area contributed by atoms with Gasteiger partial charge in [0.25, 0.3) is 0 Å². The molecule has 0 amide bonds.